The zero-order valence-corrected chi connectivity index (χ0v) is 22.2. The van der Waals surface area contributed by atoms with E-state index in [9.17, 15) is 23.6 Å². The minimum absolute atomic E-state index is 0.0200. The third-order valence-corrected chi connectivity index (χ3v) is 4.54. The number of benzene rings is 2. The Hall–Kier alpha value is -3.95. The van der Waals surface area contributed by atoms with Crippen molar-refractivity contribution in [3.05, 3.63) is 68.6 Å². The number of hydrogen-bond acceptors (Lipinski definition) is 6. The molecule has 1 N–H and O–H groups in total. The molecule has 3 rings (SSSR count). The Balaban J connectivity index is 0.00000154. The van der Waals surface area contributed by atoms with Gasteiger partial charge in [-0.25, -0.2) is 23.3 Å². The summed E-state index contributed by atoms with van der Waals surface area (Å²) in [5, 5.41) is -0.0200. The number of anilines is 1. The van der Waals surface area contributed by atoms with Gasteiger partial charge in [0.1, 0.15) is 11.4 Å². The van der Waals surface area contributed by atoms with Gasteiger partial charge in [0.25, 0.3) is 5.56 Å². The summed E-state index contributed by atoms with van der Waals surface area (Å²) in [6, 6.07) is 7.77. The molecule has 0 saturated carbocycles. The quantitative estimate of drug-likeness (QED) is 0.502. The molecule has 0 radical (unpaired) electrons. The topological polar surface area (TPSA) is 111 Å². The second-order valence-corrected chi connectivity index (χ2v) is 8.00. The lowest BCUT2D eigenvalue weighted by Crippen LogP contribution is -2.35. The third-order valence-electron chi connectivity index (χ3n) is 4.54. The molecule has 0 aliphatic heterocycles. The van der Waals surface area contributed by atoms with Gasteiger partial charge >= 0.3 is 17.8 Å². The second kappa shape index (κ2) is 12.7. The summed E-state index contributed by atoms with van der Waals surface area (Å²) in [6.07, 6.45) is -0.807. The minimum atomic E-state index is -0.818. The number of amides is 1. The zero-order chi connectivity index (χ0) is 27.8. The first kappa shape index (κ1) is 30.1. The van der Waals surface area contributed by atoms with Crippen molar-refractivity contribution in [3.63, 3.8) is 0 Å². The number of H-pyrrole nitrogens is 1. The fourth-order valence-electron chi connectivity index (χ4n) is 3.01. The number of nitrogens with zero attached hydrogens (tertiary/aromatic N) is 2. The number of halogens is 1. The Morgan fingerprint density at radius 2 is 1.56 bits per heavy atom. The smallest absolute Gasteiger partial charge is 0.414 e. The van der Waals surface area contributed by atoms with E-state index in [4.69, 9.17) is 4.74 Å². The molecule has 0 bridgehead atoms. The SMILES string of the molecule is CC.CC.COC(=O)c1ccc(-n2c(=O)[nH]c3cc(F)c(N(C)C(=O)OC(C)(C)C)cc3c2=O)cc1. The predicted molar refractivity (Wildman–Crippen MR) is 139 cm³/mol. The number of esters is 1. The van der Waals surface area contributed by atoms with Gasteiger partial charge in [-0.15, -0.1) is 0 Å². The molecule has 0 spiro atoms. The van der Waals surface area contributed by atoms with E-state index >= 15 is 0 Å². The highest BCUT2D eigenvalue weighted by molar-refractivity contribution is 5.92. The van der Waals surface area contributed by atoms with Crippen LogP contribution < -0.4 is 16.1 Å². The summed E-state index contributed by atoms with van der Waals surface area (Å²) in [4.78, 5) is 53.0. The van der Waals surface area contributed by atoms with Crippen molar-refractivity contribution in [2.24, 2.45) is 0 Å². The van der Waals surface area contributed by atoms with Crippen LogP contribution in [0.2, 0.25) is 0 Å². The normalized spacial score (nSPS) is 10.4. The Morgan fingerprint density at radius 1 is 1.00 bits per heavy atom. The van der Waals surface area contributed by atoms with E-state index in [0.717, 1.165) is 15.5 Å². The van der Waals surface area contributed by atoms with Crippen LogP contribution in [-0.2, 0) is 9.47 Å². The average molecular weight is 504 g/mol. The average Bonchev–Trinajstić information content (AvgIpc) is 2.84. The standard InChI is InChI=1S/C22H22FN3O6.2C2H6/c1-22(2,3)32-21(30)25(4)17-10-14-16(11-15(17)23)24-20(29)26(18(14)27)13-8-6-12(7-9-13)19(28)31-5;2*1-2/h6-11H,1-5H3,(H,24,29);2*1-2H3. The molecule has 1 aromatic heterocycles. The van der Waals surface area contributed by atoms with Gasteiger partial charge in [0.15, 0.2) is 0 Å². The van der Waals surface area contributed by atoms with Crippen LogP contribution in [0.25, 0.3) is 16.6 Å². The Labute approximate surface area is 209 Å². The van der Waals surface area contributed by atoms with E-state index in [-0.39, 0.29) is 27.8 Å². The van der Waals surface area contributed by atoms with Gasteiger partial charge < -0.3 is 14.5 Å². The predicted octanol–water partition coefficient (Wildman–Crippen LogP) is 5.03. The number of carbonyl (C=O) groups is 2. The van der Waals surface area contributed by atoms with Crippen LogP contribution in [0.15, 0.2) is 46.0 Å². The number of ether oxygens (including phenoxy) is 2. The van der Waals surface area contributed by atoms with Crippen molar-refractivity contribution in [1.29, 1.82) is 0 Å². The van der Waals surface area contributed by atoms with Crippen molar-refractivity contribution < 1.29 is 23.5 Å². The lowest BCUT2D eigenvalue weighted by atomic mass is 10.1. The highest BCUT2D eigenvalue weighted by Gasteiger charge is 2.24. The molecule has 0 aliphatic carbocycles. The van der Waals surface area contributed by atoms with E-state index in [1.807, 2.05) is 27.7 Å². The van der Waals surface area contributed by atoms with Crippen molar-refractivity contribution in [2.75, 3.05) is 19.1 Å². The highest BCUT2D eigenvalue weighted by Crippen LogP contribution is 2.24. The lowest BCUT2D eigenvalue weighted by Gasteiger charge is -2.25. The Morgan fingerprint density at radius 3 is 2.06 bits per heavy atom. The highest BCUT2D eigenvalue weighted by atomic mass is 19.1. The number of methoxy groups -OCH3 is 1. The summed E-state index contributed by atoms with van der Waals surface area (Å²) in [5.41, 5.74) is -2.10. The second-order valence-electron chi connectivity index (χ2n) is 8.00. The van der Waals surface area contributed by atoms with Crippen LogP contribution in [0.5, 0.6) is 0 Å². The Bertz CT molecular complexity index is 1320. The van der Waals surface area contributed by atoms with Crippen LogP contribution in [0.1, 0.15) is 58.8 Å². The first-order valence-electron chi connectivity index (χ1n) is 11.6. The monoisotopic (exact) mass is 503 g/mol. The first-order chi connectivity index (χ1) is 16.9. The first-order valence-corrected chi connectivity index (χ1v) is 11.6. The van der Waals surface area contributed by atoms with Gasteiger partial charge in [0.2, 0.25) is 0 Å². The van der Waals surface area contributed by atoms with Gasteiger partial charge in [-0.2, -0.15) is 0 Å². The molecule has 0 fully saturated rings. The maximum absolute atomic E-state index is 14.7. The lowest BCUT2D eigenvalue weighted by molar-refractivity contribution is 0.0583. The number of rotatable bonds is 3. The summed E-state index contributed by atoms with van der Waals surface area (Å²) in [7, 11) is 2.55. The van der Waals surface area contributed by atoms with E-state index in [1.165, 1.54) is 44.5 Å². The third kappa shape index (κ3) is 6.80. The molecule has 36 heavy (non-hydrogen) atoms. The summed E-state index contributed by atoms with van der Waals surface area (Å²) >= 11 is 0. The number of hydrogen-bond donors (Lipinski definition) is 1. The van der Waals surface area contributed by atoms with Gasteiger partial charge in [-0.1, -0.05) is 27.7 Å². The van der Waals surface area contributed by atoms with E-state index in [2.05, 4.69) is 9.72 Å². The van der Waals surface area contributed by atoms with Crippen LogP contribution >= 0.6 is 0 Å². The minimum Gasteiger partial charge on any atom is -0.465 e. The summed E-state index contributed by atoms with van der Waals surface area (Å²) in [6.45, 7) is 13.0. The fourth-order valence-corrected chi connectivity index (χ4v) is 3.01. The molecule has 3 aromatic rings. The van der Waals surface area contributed by atoms with Crippen molar-refractivity contribution >= 4 is 28.7 Å². The van der Waals surface area contributed by atoms with E-state index in [1.54, 1.807) is 20.8 Å². The molecule has 1 amide bonds. The maximum Gasteiger partial charge on any atom is 0.414 e. The van der Waals surface area contributed by atoms with Gasteiger partial charge in [-0.3, -0.25) is 9.69 Å². The molecule has 1 heterocycles. The van der Waals surface area contributed by atoms with E-state index < -0.39 is 34.7 Å². The molecule has 10 heteroatoms. The van der Waals surface area contributed by atoms with Gasteiger partial charge in [0.05, 0.1) is 35.0 Å². The zero-order valence-electron chi connectivity index (χ0n) is 22.2. The largest absolute Gasteiger partial charge is 0.465 e. The van der Waals surface area contributed by atoms with Crippen molar-refractivity contribution in [2.45, 2.75) is 54.1 Å². The van der Waals surface area contributed by atoms with Crippen LogP contribution in [-0.4, -0.2) is 41.4 Å². The Kier molecular flexibility index (Phi) is 10.6. The fraction of sp³-hybridized carbons (Fsp3) is 0.385. The van der Waals surface area contributed by atoms with Crippen LogP contribution in [0.4, 0.5) is 14.9 Å². The van der Waals surface area contributed by atoms with Crippen molar-refractivity contribution in [3.8, 4) is 5.69 Å². The van der Waals surface area contributed by atoms with Gasteiger partial charge in [-0.05, 0) is 51.1 Å². The van der Waals surface area contributed by atoms with Crippen LogP contribution in [0.3, 0.4) is 0 Å². The molecular weight excluding hydrogens is 469 g/mol. The maximum atomic E-state index is 14.7. The number of fused-ring (bicyclic) bond motifs is 1. The van der Waals surface area contributed by atoms with Crippen LogP contribution in [0, 0.1) is 5.82 Å². The molecule has 0 atom stereocenters. The molecule has 196 valence electrons. The number of aromatic nitrogens is 2. The number of aromatic amines is 1. The summed E-state index contributed by atoms with van der Waals surface area (Å²) in [5.74, 6) is -1.39. The molecule has 0 saturated heterocycles. The molecule has 0 unspecified atom stereocenters. The number of nitrogens with one attached hydrogen (secondary N) is 1. The molecule has 2 aromatic carbocycles. The number of carbonyl (C=O) groups excluding carboxylic acids is 2. The molecule has 9 nitrogen and oxygen atoms in total. The molecular formula is C26H34FN3O6. The molecule has 0 aliphatic rings. The van der Waals surface area contributed by atoms with Gasteiger partial charge in [0, 0.05) is 13.1 Å². The van der Waals surface area contributed by atoms with E-state index in [0.29, 0.717) is 0 Å². The van der Waals surface area contributed by atoms with Crippen molar-refractivity contribution in [1.82, 2.24) is 9.55 Å². The summed E-state index contributed by atoms with van der Waals surface area (Å²) < 4.78 is 25.4.